The van der Waals surface area contributed by atoms with Crippen LogP contribution in [0.15, 0.2) is 18.2 Å². The number of rotatable bonds is 4. The van der Waals surface area contributed by atoms with Gasteiger partial charge in [-0.3, -0.25) is 4.79 Å². The standard InChI is InChI=1S/C17H24O3/c1-11-7-12(2)9-14(8-11)17(18)13-5-6-15(19-3)16(10-13)20-4/h5-6,10-12,14H,7-9H2,1-4H3. The van der Waals surface area contributed by atoms with E-state index < -0.39 is 0 Å². The van der Waals surface area contributed by atoms with Crippen LogP contribution in [0, 0.1) is 17.8 Å². The molecule has 1 fully saturated rings. The molecule has 0 spiro atoms. The molecule has 2 rings (SSSR count). The number of Topliss-reactive ketones (excluding diaryl/α,β-unsaturated/α-hetero) is 1. The Morgan fingerprint density at radius 2 is 1.60 bits per heavy atom. The predicted molar refractivity (Wildman–Crippen MR) is 79.5 cm³/mol. The molecule has 0 heterocycles. The molecular weight excluding hydrogens is 252 g/mol. The van der Waals surface area contributed by atoms with Gasteiger partial charge in [-0.05, 0) is 49.3 Å². The third-order valence-corrected chi connectivity index (χ3v) is 4.22. The predicted octanol–water partition coefficient (Wildman–Crippen LogP) is 3.96. The first-order valence-corrected chi connectivity index (χ1v) is 7.31. The van der Waals surface area contributed by atoms with Crippen molar-refractivity contribution in [2.45, 2.75) is 33.1 Å². The summed E-state index contributed by atoms with van der Waals surface area (Å²) in [6.45, 7) is 4.48. The number of ketones is 1. The first kappa shape index (κ1) is 14.9. The van der Waals surface area contributed by atoms with Gasteiger partial charge in [-0.2, -0.15) is 0 Å². The quantitative estimate of drug-likeness (QED) is 0.781. The van der Waals surface area contributed by atoms with Gasteiger partial charge in [0.05, 0.1) is 14.2 Å². The lowest BCUT2D eigenvalue weighted by molar-refractivity contribution is 0.0835. The second-order valence-corrected chi connectivity index (χ2v) is 6.05. The van der Waals surface area contributed by atoms with Gasteiger partial charge >= 0.3 is 0 Å². The van der Waals surface area contributed by atoms with Crippen LogP contribution in [-0.2, 0) is 0 Å². The van der Waals surface area contributed by atoms with E-state index in [0.717, 1.165) is 18.4 Å². The Labute approximate surface area is 121 Å². The number of carbonyl (C=O) groups excluding carboxylic acids is 1. The highest BCUT2D eigenvalue weighted by atomic mass is 16.5. The summed E-state index contributed by atoms with van der Waals surface area (Å²) in [7, 11) is 3.20. The van der Waals surface area contributed by atoms with Crippen LogP contribution in [0.25, 0.3) is 0 Å². The van der Waals surface area contributed by atoms with E-state index in [-0.39, 0.29) is 11.7 Å². The molecule has 0 aliphatic heterocycles. The SMILES string of the molecule is COc1ccc(C(=O)C2CC(C)CC(C)C2)cc1OC. The van der Waals surface area contributed by atoms with E-state index in [1.807, 2.05) is 12.1 Å². The fraction of sp³-hybridized carbons (Fsp3) is 0.588. The summed E-state index contributed by atoms with van der Waals surface area (Å²) in [5.41, 5.74) is 0.731. The highest BCUT2D eigenvalue weighted by Gasteiger charge is 2.29. The molecule has 3 nitrogen and oxygen atoms in total. The summed E-state index contributed by atoms with van der Waals surface area (Å²) in [6, 6.07) is 5.44. The Kier molecular flexibility index (Phi) is 4.69. The minimum Gasteiger partial charge on any atom is -0.493 e. The molecule has 20 heavy (non-hydrogen) atoms. The average molecular weight is 276 g/mol. The molecule has 2 atom stereocenters. The van der Waals surface area contributed by atoms with Gasteiger partial charge in [-0.25, -0.2) is 0 Å². The van der Waals surface area contributed by atoms with Crippen LogP contribution in [0.1, 0.15) is 43.5 Å². The smallest absolute Gasteiger partial charge is 0.166 e. The van der Waals surface area contributed by atoms with Crippen LogP contribution >= 0.6 is 0 Å². The number of ether oxygens (including phenoxy) is 2. The lowest BCUT2D eigenvalue weighted by Crippen LogP contribution is -2.26. The Morgan fingerprint density at radius 1 is 1.00 bits per heavy atom. The monoisotopic (exact) mass is 276 g/mol. The highest BCUT2D eigenvalue weighted by molar-refractivity contribution is 5.98. The fourth-order valence-electron chi connectivity index (χ4n) is 3.39. The van der Waals surface area contributed by atoms with E-state index in [2.05, 4.69) is 13.8 Å². The molecule has 1 saturated carbocycles. The zero-order chi connectivity index (χ0) is 14.7. The molecule has 110 valence electrons. The average Bonchev–Trinajstić information content (AvgIpc) is 2.44. The Hall–Kier alpha value is -1.51. The second-order valence-electron chi connectivity index (χ2n) is 6.05. The van der Waals surface area contributed by atoms with Crippen molar-refractivity contribution < 1.29 is 14.3 Å². The van der Waals surface area contributed by atoms with Crippen LogP contribution in [0.3, 0.4) is 0 Å². The van der Waals surface area contributed by atoms with E-state index in [0.29, 0.717) is 23.3 Å². The summed E-state index contributed by atoms with van der Waals surface area (Å²) in [4.78, 5) is 12.7. The van der Waals surface area contributed by atoms with Gasteiger partial charge in [0.15, 0.2) is 17.3 Å². The maximum atomic E-state index is 12.7. The maximum Gasteiger partial charge on any atom is 0.166 e. The number of hydrogen-bond acceptors (Lipinski definition) is 3. The fourth-order valence-corrected chi connectivity index (χ4v) is 3.39. The third kappa shape index (κ3) is 3.14. The molecule has 0 amide bonds. The van der Waals surface area contributed by atoms with Crippen molar-refractivity contribution in [2.24, 2.45) is 17.8 Å². The van der Waals surface area contributed by atoms with Crippen LogP contribution in [0.4, 0.5) is 0 Å². The minimum absolute atomic E-state index is 0.145. The van der Waals surface area contributed by atoms with E-state index >= 15 is 0 Å². The normalized spacial score (nSPS) is 26.1. The zero-order valence-electron chi connectivity index (χ0n) is 12.8. The van der Waals surface area contributed by atoms with Crippen molar-refractivity contribution in [1.82, 2.24) is 0 Å². The minimum atomic E-state index is 0.145. The Morgan fingerprint density at radius 3 is 2.15 bits per heavy atom. The molecular formula is C17H24O3. The second kappa shape index (κ2) is 6.29. The summed E-state index contributed by atoms with van der Waals surface area (Å²) in [5.74, 6) is 2.93. The number of benzene rings is 1. The van der Waals surface area contributed by atoms with Crippen molar-refractivity contribution in [3.05, 3.63) is 23.8 Å². The number of hydrogen-bond donors (Lipinski definition) is 0. The van der Waals surface area contributed by atoms with E-state index in [1.54, 1.807) is 20.3 Å². The van der Waals surface area contributed by atoms with E-state index in [9.17, 15) is 4.79 Å². The Balaban J connectivity index is 2.20. The summed E-state index contributed by atoms with van der Waals surface area (Å²) < 4.78 is 10.5. The molecule has 2 unspecified atom stereocenters. The zero-order valence-corrected chi connectivity index (χ0v) is 12.8. The van der Waals surface area contributed by atoms with Gasteiger partial charge in [-0.1, -0.05) is 13.8 Å². The van der Waals surface area contributed by atoms with Gasteiger partial charge in [0, 0.05) is 11.5 Å². The van der Waals surface area contributed by atoms with Crippen molar-refractivity contribution in [3.63, 3.8) is 0 Å². The molecule has 0 N–H and O–H groups in total. The molecule has 0 radical (unpaired) electrons. The third-order valence-electron chi connectivity index (χ3n) is 4.22. The van der Waals surface area contributed by atoms with Gasteiger partial charge in [0.1, 0.15) is 0 Å². The van der Waals surface area contributed by atoms with Gasteiger partial charge < -0.3 is 9.47 Å². The van der Waals surface area contributed by atoms with Crippen molar-refractivity contribution in [2.75, 3.05) is 14.2 Å². The van der Waals surface area contributed by atoms with Crippen LogP contribution in [0.5, 0.6) is 11.5 Å². The van der Waals surface area contributed by atoms with Crippen LogP contribution < -0.4 is 9.47 Å². The molecule has 1 aliphatic carbocycles. The highest BCUT2D eigenvalue weighted by Crippen LogP contribution is 2.36. The number of methoxy groups -OCH3 is 2. The van der Waals surface area contributed by atoms with Gasteiger partial charge in [0.25, 0.3) is 0 Å². The largest absolute Gasteiger partial charge is 0.493 e. The van der Waals surface area contributed by atoms with Crippen LogP contribution in [-0.4, -0.2) is 20.0 Å². The van der Waals surface area contributed by atoms with Crippen molar-refractivity contribution in [1.29, 1.82) is 0 Å². The molecule has 3 heteroatoms. The number of carbonyl (C=O) groups is 1. The molecule has 1 aliphatic rings. The van der Waals surface area contributed by atoms with Gasteiger partial charge in [0.2, 0.25) is 0 Å². The van der Waals surface area contributed by atoms with E-state index in [4.69, 9.17) is 9.47 Å². The van der Waals surface area contributed by atoms with Crippen LogP contribution in [0.2, 0.25) is 0 Å². The van der Waals surface area contributed by atoms with Crippen molar-refractivity contribution in [3.8, 4) is 11.5 Å². The first-order valence-electron chi connectivity index (χ1n) is 7.31. The van der Waals surface area contributed by atoms with Gasteiger partial charge in [-0.15, -0.1) is 0 Å². The molecule has 0 bridgehead atoms. The molecule has 1 aromatic carbocycles. The lowest BCUT2D eigenvalue weighted by Gasteiger charge is -2.30. The maximum absolute atomic E-state index is 12.7. The topological polar surface area (TPSA) is 35.5 Å². The first-order chi connectivity index (χ1) is 9.55. The summed E-state index contributed by atoms with van der Waals surface area (Å²) in [5, 5.41) is 0. The van der Waals surface area contributed by atoms with Crippen molar-refractivity contribution >= 4 is 5.78 Å². The van der Waals surface area contributed by atoms with E-state index in [1.165, 1.54) is 6.42 Å². The lowest BCUT2D eigenvalue weighted by atomic mass is 9.74. The molecule has 0 aromatic heterocycles. The molecule has 0 saturated heterocycles. The molecule has 1 aromatic rings. The summed E-state index contributed by atoms with van der Waals surface area (Å²) >= 11 is 0. The summed E-state index contributed by atoms with van der Waals surface area (Å²) in [6.07, 6.45) is 3.23. The Bertz CT molecular complexity index is 471.